The molecule has 0 saturated carbocycles. The summed E-state index contributed by atoms with van der Waals surface area (Å²) in [5, 5.41) is 20.2. The Morgan fingerprint density at radius 1 is 1.12 bits per heavy atom. The number of amides is 1. The van der Waals surface area contributed by atoms with Crippen LogP contribution >= 0.6 is 11.8 Å². The zero-order valence-corrected chi connectivity index (χ0v) is 18.6. The number of allylic oxidation sites excluding steroid dienone is 3. The number of aromatic hydroxyl groups is 2. The van der Waals surface area contributed by atoms with Crippen molar-refractivity contribution in [3.05, 3.63) is 53.3 Å². The Bertz CT molecular complexity index is 906. The summed E-state index contributed by atoms with van der Waals surface area (Å²) < 4.78 is 5.27. The Morgan fingerprint density at radius 3 is 2.69 bits per heavy atom. The molecule has 8 nitrogen and oxygen atoms in total. The number of carbonyl (C=O) groups excluding carboxylic acids is 2. The molecular weight excluding hydrogens is 432 g/mol. The lowest BCUT2D eigenvalue weighted by Crippen LogP contribution is -2.40. The van der Waals surface area contributed by atoms with Gasteiger partial charge in [-0.05, 0) is 43.0 Å². The fourth-order valence-electron chi connectivity index (χ4n) is 3.26. The van der Waals surface area contributed by atoms with Gasteiger partial charge in [-0.2, -0.15) is 11.8 Å². The van der Waals surface area contributed by atoms with Gasteiger partial charge >= 0.3 is 5.97 Å². The molecule has 2 heterocycles. The van der Waals surface area contributed by atoms with Crippen LogP contribution in [0.2, 0.25) is 0 Å². The Labute approximate surface area is 191 Å². The van der Waals surface area contributed by atoms with Gasteiger partial charge in [0, 0.05) is 30.7 Å². The van der Waals surface area contributed by atoms with Crippen molar-refractivity contribution in [1.82, 2.24) is 10.4 Å². The highest BCUT2D eigenvalue weighted by molar-refractivity contribution is 7.99. The van der Waals surface area contributed by atoms with E-state index in [1.165, 1.54) is 6.07 Å². The van der Waals surface area contributed by atoms with E-state index in [1.54, 1.807) is 17.1 Å². The second-order valence-corrected chi connectivity index (χ2v) is 8.51. The first-order valence-electron chi connectivity index (χ1n) is 10.5. The van der Waals surface area contributed by atoms with Gasteiger partial charge in [-0.3, -0.25) is 15.1 Å². The van der Waals surface area contributed by atoms with Gasteiger partial charge in [-0.15, -0.1) is 0 Å². The maximum Gasteiger partial charge on any atom is 0.342 e. The van der Waals surface area contributed by atoms with Crippen molar-refractivity contribution in [3.63, 3.8) is 0 Å². The van der Waals surface area contributed by atoms with Gasteiger partial charge in [0.2, 0.25) is 0 Å². The molecule has 0 aromatic heterocycles. The van der Waals surface area contributed by atoms with E-state index >= 15 is 0 Å². The zero-order chi connectivity index (χ0) is 22.8. The molecule has 2 aliphatic heterocycles. The Balaban J connectivity index is 1.80. The lowest BCUT2D eigenvalue weighted by Gasteiger charge is -2.26. The highest BCUT2D eigenvalue weighted by Crippen LogP contribution is 2.29. The molecule has 0 bridgehead atoms. The van der Waals surface area contributed by atoms with Crippen LogP contribution in [-0.2, 0) is 14.4 Å². The molecule has 1 fully saturated rings. The van der Waals surface area contributed by atoms with Gasteiger partial charge in [0.25, 0.3) is 5.91 Å². The lowest BCUT2D eigenvalue weighted by molar-refractivity contribution is -0.137. The van der Waals surface area contributed by atoms with Crippen LogP contribution < -0.4 is 5.48 Å². The summed E-state index contributed by atoms with van der Waals surface area (Å²) in [4.78, 5) is 32.1. The third-order valence-electron chi connectivity index (χ3n) is 4.88. The topological polar surface area (TPSA) is 108 Å². The van der Waals surface area contributed by atoms with E-state index in [0.29, 0.717) is 25.2 Å². The lowest BCUT2D eigenvalue weighted by atomic mass is 10.0. The smallest absolute Gasteiger partial charge is 0.342 e. The number of rotatable bonds is 4. The van der Waals surface area contributed by atoms with Crippen LogP contribution in [0, 0.1) is 0 Å². The van der Waals surface area contributed by atoms with E-state index in [0.717, 1.165) is 30.4 Å². The summed E-state index contributed by atoms with van der Waals surface area (Å²) in [6.45, 7) is 1.45. The number of phenolic OH excluding ortho intramolecular Hbond substituents is 2. The van der Waals surface area contributed by atoms with E-state index in [4.69, 9.17) is 9.57 Å². The molecule has 0 radical (unpaired) electrons. The number of hydroxylamine groups is 1. The van der Waals surface area contributed by atoms with Crippen molar-refractivity contribution in [1.29, 1.82) is 0 Å². The zero-order valence-electron chi connectivity index (χ0n) is 17.8. The molecule has 1 aromatic rings. The second-order valence-electron chi connectivity index (χ2n) is 7.29. The summed E-state index contributed by atoms with van der Waals surface area (Å²) in [6, 6.07) is 2.44. The normalized spacial score (nSPS) is 19.3. The summed E-state index contributed by atoms with van der Waals surface area (Å²) in [5.41, 5.74) is 3.41. The van der Waals surface area contributed by atoms with Crippen LogP contribution in [0.25, 0.3) is 6.08 Å². The second kappa shape index (κ2) is 12.2. The van der Waals surface area contributed by atoms with E-state index in [1.807, 2.05) is 30.0 Å². The number of benzene rings is 1. The minimum absolute atomic E-state index is 0.0570. The van der Waals surface area contributed by atoms with Crippen LogP contribution in [0.4, 0.5) is 0 Å². The van der Waals surface area contributed by atoms with Gasteiger partial charge in [-0.1, -0.05) is 18.2 Å². The molecule has 2 aliphatic rings. The quantitative estimate of drug-likeness (QED) is 0.358. The Kier molecular flexibility index (Phi) is 9.06. The SMILES string of the molecule is O=C1OCCC=CCCC=C/C(NOCC(=O)N2CCSCC2)=C/c2cc(O)cc(O)c21. The van der Waals surface area contributed by atoms with Crippen molar-refractivity contribution in [2.24, 2.45) is 0 Å². The molecule has 0 unspecified atom stereocenters. The predicted octanol–water partition coefficient (Wildman–Crippen LogP) is 2.99. The van der Waals surface area contributed by atoms with Gasteiger partial charge in [0.15, 0.2) is 6.61 Å². The molecule has 172 valence electrons. The average molecular weight is 461 g/mol. The molecular formula is C23H28N2O6S. The van der Waals surface area contributed by atoms with Gasteiger partial charge in [0.1, 0.15) is 17.1 Å². The van der Waals surface area contributed by atoms with Crippen molar-refractivity contribution >= 4 is 29.7 Å². The van der Waals surface area contributed by atoms with Crippen LogP contribution in [-0.4, -0.2) is 64.8 Å². The third-order valence-corrected chi connectivity index (χ3v) is 5.82. The first-order chi connectivity index (χ1) is 15.5. The summed E-state index contributed by atoms with van der Waals surface area (Å²) in [7, 11) is 0. The Hall–Kier alpha value is -2.91. The van der Waals surface area contributed by atoms with Crippen molar-refractivity contribution in [2.75, 3.05) is 37.8 Å². The number of fused-ring (bicyclic) bond motifs is 1. The standard InChI is InChI=1S/C23H28N2O6S/c26-19-14-17-13-18(24-31-16-21(28)25-8-11-32-12-9-25)7-5-3-1-2-4-6-10-30-23(29)22(17)20(27)15-19/h2,4-5,7,13-15,24,26-27H,1,3,6,8-12,16H2/b4-2?,7-5?,18-13-. The van der Waals surface area contributed by atoms with Gasteiger partial charge in [0.05, 0.1) is 12.3 Å². The largest absolute Gasteiger partial charge is 0.508 e. The number of nitrogens with one attached hydrogen (secondary N) is 1. The van der Waals surface area contributed by atoms with E-state index in [2.05, 4.69) is 5.48 Å². The third kappa shape index (κ3) is 7.06. The van der Waals surface area contributed by atoms with Crippen LogP contribution in [0.5, 0.6) is 11.5 Å². The number of thioether (sulfide) groups is 1. The number of esters is 1. The highest BCUT2D eigenvalue weighted by atomic mass is 32.2. The van der Waals surface area contributed by atoms with Gasteiger partial charge in [-0.25, -0.2) is 4.79 Å². The average Bonchev–Trinajstić information content (AvgIpc) is 2.77. The molecule has 32 heavy (non-hydrogen) atoms. The first kappa shape index (κ1) is 23.7. The fraction of sp³-hybridized carbons (Fsp3) is 0.391. The molecule has 0 spiro atoms. The summed E-state index contributed by atoms with van der Waals surface area (Å²) in [5.74, 6) is 0.459. The fourth-order valence-corrected chi connectivity index (χ4v) is 4.17. The molecule has 3 N–H and O–H groups in total. The predicted molar refractivity (Wildman–Crippen MR) is 123 cm³/mol. The monoisotopic (exact) mass is 460 g/mol. The molecule has 0 aliphatic carbocycles. The number of cyclic esters (lactones) is 1. The number of hydrogen-bond acceptors (Lipinski definition) is 8. The van der Waals surface area contributed by atoms with E-state index in [-0.39, 0.29) is 41.7 Å². The molecule has 1 saturated heterocycles. The van der Waals surface area contributed by atoms with Crippen LogP contribution in [0.3, 0.4) is 0 Å². The number of hydrogen-bond donors (Lipinski definition) is 3. The van der Waals surface area contributed by atoms with Crippen molar-refractivity contribution in [3.8, 4) is 11.5 Å². The van der Waals surface area contributed by atoms with E-state index in [9.17, 15) is 19.8 Å². The maximum atomic E-state index is 12.6. The minimum Gasteiger partial charge on any atom is -0.508 e. The Morgan fingerprint density at radius 2 is 1.88 bits per heavy atom. The summed E-state index contributed by atoms with van der Waals surface area (Å²) in [6.07, 6.45) is 11.4. The molecule has 1 amide bonds. The first-order valence-corrected chi connectivity index (χ1v) is 11.7. The molecule has 9 heteroatoms. The molecule has 0 atom stereocenters. The van der Waals surface area contributed by atoms with Crippen molar-refractivity contribution in [2.45, 2.75) is 19.3 Å². The molecule has 3 rings (SSSR count). The van der Waals surface area contributed by atoms with Gasteiger partial charge < -0.3 is 19.8 Å². The maximum absolute atomic E-state index is 12.6. The van der Waals surface area contributed by atoms with Crippen LogP contribution in [0.1, 0.15) is 35.2 Å². The van der Waals surface area contributed by atoms with Crippen molar-refractivity contribution < 1.29 is 29.4 Å². The number of nitrogens with zero attached hydrogens (tertiary/aromatic N) is 1. The molecule has 1 aromatic carbocycles. The number of carbonyl (C=O) groups is 2. The number of phenols is 2. The number of ether oxygens (including phenoxy) is 1. The van der Waals surface area contributed by atoms with Crippen LogP contribution in [0.15, 0.2) is 42.1 Å². The summed E-state index contributed by atoms with van der Waals surface area (Å²) >= 11 is 1.82. The highest BCUT2D eigenvalue weighted by Gasteiger charge is 2.19. The minimum atomic E-state index is -0.693. The van der Waals surface area contributed by atoms with E-state index < -0.39 is 5.97 Å².